The van der Waals surface area contributed by atoms with Gasteiger partial charge in [0.2, 0.25) is 5.43 Å². The Morgan fingerprint density at radius 2 is 2.36 bits per heavy atom. The van der Waals surface area contributed by atoms with Gasteiger partial charge in [0.05, 0.1) is 18.7 Å². The minimum Gasteiger partial charge on any atom is -0.497 e. The highest BCUT2D eigenvalue weighted by Gasteiger charge is 2.18. The molecule has 2 N–H and O–H groups in total. The molecule has 0 saturated carbocycles. The summed E-state index contributed by atoms with van der Waals surface area (Å²) in [4.78, 5) is 27.6. The number of carbonyl (C=O) groups excluding carboxylic acids is 1. The lowest BCUT2D eigenvalue weighted by Gasteiger charge is -2.11. The van der Waals surface area contributed by atoms with Crippen LogP contribution in [0.25, 0.3) is 10.9 Å². The topological polar surface area (TPSA) is 80.4 Å². The van der Waals surface area contributed by atoms with Crippen molar-refractivity contribution in [3.63, 3.8) is 0 Å². The molecule has 0 bridgehead atoms. The number of fused-ring (bicyclic) bond motifs is 1. The maximum absolute atomic E-state index is 12.4. The number of rotatable bonds is 4. The van der Waals surface area contributed by atoms with Crippen molar-refractivity contribution in [2.45, 2.75) is 18.9 Å². The summed E-state index contributed by atoms with van der Waals surface area (Å²) in [6.07, 6.45) is 3.44. The zero-order valence-corrected chi connectivity index (χ0v) is 12.3. The fraction of sp³-hybridized carbons (Fsp3) is 0.375. The second-order valence-corrected chi connectivity index (χ2v) is 5.29. The third-order valence-electron chi connectivity index (χ3n) is 3.85. The standard InChI is InChI=1S/C16H18N2O4/c1-21-10-4-5-12-14(7-10)17-9-13(15(12)19)16(20)18-8-11-3-2-6-22-11/h4-5,7,9,11H,2-3,6,8H2,1H3,(H,17,19)(H,18,20)/t11-/m0/s1. The van der Waals surface area contributed by atoms with E-state index in [1.807, 2.05) is 0 Å². The maximum Gasteiger partial charge on any atom is 0.256 e. The largest absolute Gasteiger partial charge is 0.497 e. The van der Waals surface area contributed by atoms with E-state index in [1.165, 1.54) is 6.20 Å². The molecule has 3 rings (SSSR count). The van der Waals surface area contributed by atoms with Gasteiger partial charge in [-0.1, -0.05) is 0 Å². The number of hydrogen-bond donors (Lipinski definition) is 2. The van der Waals surface area contributed by atoms with Gasteiger partial charge in [0, 0.05) is 30.8 Å². The molecule has 6 nitrogen and oxygen atoms in total. The average Bonchev–Trinajstić information content (AvgIpc) is 3.06. The molecule has 1 aliphatic heterocycles. The summed E-state index contributed by atoms with van der Waals surface area (Å²) in [5, 5.41) is 3.22. The molecule has 1 atom stereocenters. The van der Waals surface area contributed by atoms with Gasteiger partial charge in [-0.2, -0.15) is 0 Å². The third-order valence-corrected chi connectivity index (χ3v) is 3.85. The molecule has 116 valence electrons. The average molecular weight is 302 g/mol. The van der Waals surface area contributed by atoms with Crippen molar-refractivity contribution in [2.24, 2.45) is 0 Å². The number of methoxy groups -OCH3 is 1. The van der Waals surface area contributed by atoms with Crippen LogP contribution in [0, 0.1) is 0 Å². The Bertz CT molecular complexity index is 747. The Balaban J connectivity index is 1.82. The van der Waals surface area contributed by atoms with E-state index < -0.39 is 0 Å². The normalized spacial score (nSPS) is 17.6. The first-order chi connectivity index (χ1) is 10.7. The molecule has 0 unspecified atom stereocenters. The van der Waals surface area contributed by atoms with Gasteiger partial charge in [0.25, 0.3) is 5.91 Å². The van der Waals surface area contributed by atoms with Crippen LogP contribution >= 0.6 is 0 Å². The van der Waals surface area contributed by atoms with Crippen LogP contribution in [-0.2, 0) is 4.74 Å². The number of hydrogen-bond acceptors (Lipinski definition) is 4. The first-order valence-electron chi connectivity index (χ1n) is 7.28. The van der Waals surface area contributed by atoms with E-state index in [4.69, 9.17) is 9.47 Å². The first-order valence-corrected chi connectivity index (χ1v) is 7.28. The van der Waals surface area contributed by atoms with Crippen LogP contribution in [0.15, 0.2) is 29.2 Å². The van der Waals surface area contributed by atoms with Crippen LogP contribution in [-0.4, -0.2) is 37.3 Å². The molecule has 1 amide bonds. The minimum atomic E-state index is -0.380. The zero-order valence-electron chi connectivity index (χ0n) is 12.3. The number of aromatic nitrogens is 1. The summed E-state index contributed by atoms with van der Waals surface area (Å²) in [5.74, 6) is 0.271. The van der Waals surface area contributed by atoms with E-state index in [0.717, 1.165) is 19.4 Å². The van der Waals surface area contributed by atoms with Gasteiger partial charge in [0.1, 0.15) is 11.3 Å². The van der Waals surface area contributed by atoms with Crippen molar-refractivity contribution in [1.29, 1.82) is 0 Å². The highest BCUT2D eigenvalue weighted by Crippen LogP contribution is 2.16. The quantitative estimate of drug-likeness (QED) is 0.895. The molecule has 2 aromatic rings. The Hall–Kier alpha value is -2.34. The van der Waals surface area contributed by atoms with Crippen molar-refractivity contribution in [3.05, 3.63) is 40.2 Å². The highest BCUT2D eigenvalue weighted by molar-refractivity contribution is 5.97. The van der Waals surface area contributed by atoms with Gasteiger partial charge in [0.15, 0.2) is 0 Å². The van der Waals surface area contributed by atoms with Gasteiger partial charge in [-0.3, -0.25) is 9.59 Å². The van der Waals surface area contributed by atoms with E-state index in [-0.39, 0.29) is 23.0 Å². The number of pyridine rings is 1. The van der Waals surface area contributed by atoms with Crippen molar-refractivity contribution in [3.8, 4) is 5.75 Å². The lowest BCUT2D eigenvalue weighted by Crippen LogP contribution is -2.34. The molecule has 0 radical (unpaired) electrons. The van der Waals surface area contributed by atoms with Gasteiger partial charge in [-0.15, -0.1) is 0 Å². The van der Waals surface area contributed by atoms with Crippen molar-refractivity contribution < 1.29 is 14.3 Å². The van der Waals surface area contributed by atoms with Gasteiger partial charge < -0.3 is 19.8 Å². The van der Waals surface area contributed by atoms with E-state index in [9.17, 15) is 9.59 Å². The van der Waals surface area contributed by atoms with Crippen LogP contribution in [0.1, 0.15) is 23.2 Å². The Morgan fingerprint density at radius 1 is 1.50 bits per heavy atom. The Labute approximate surface area is 127 Å². The van der Waals surface area contributed by atoms with Crippen molar-refractivity contribution >= 4 is 16.8 Å². The van der Waals surface area contributed by atoms with Crippen molar-refractivity contribution in [2.75, 3.05) is 20.3 Å². The van der Waals surface area contributed by atoms with E-state index in [2.05, 4.69) is 10.3 Å². The fourth-order valence-corrected chi connectivity index (χ4v) is 2.60. The fourth-order valence-electron chi connectivity index (χ4n) is 2.60. The summed E-state index contributed by atoms with van der Waals surface area (Å²) in [6, 6.07) is 5.08. The van der Waals surface area contributed by atoms with E-state index in [0.29, 0.717) is 23.2 Å². The molecule has 6 heteroatoms. The zero-order chi connectivity index (χ0) is 15.5. The summed E-state index contributed by atoms with van der Waals surface area (Å²) in [6.45, 7) is 1.16. The van der Waals surface area contributed by atoms with E-state index >= 15 is 0 Å². The number of carbonyl (C=O) groups is 1. The summed E-state index contributed by atoms with van der Waals surface area (Å²) >= 11 is 0. The second-order valence-electron chi connectivity index (χ2n) is 5.29. The molecule has 0 spiro atoms. The highest BCUT2D eigenvalue weighted by atomic mass is 16.5. The molecule has 1 saturated heterocycles. The molecule has 1 aromatic carbocycles. The molecule has 0 aliphatic carbocycles. The van der Waals surface area contributed by atoms with E-state index in [1.54, 1.807) is 25.3 Å². The summed E-state index contributed by atoms with van der Waals surface area (Å²) in [5.41, 5.74) is 0.455. The predicted molar refractivity (Wildman–Crippen MR) is 82.4 cm³/mol. The monoisotopic (exact) mass is 302 g/mol. The smallest absolute Gasteiger partial charge is 0.256 e. The SMILES string of the molecule is COc1ccc2c(=O)c(C(=O)NC[C@@H]3CCCO3)c[nH]c2c1. The third kappa shape index (κ3) is 2.82. The van der Waals surface area contributed by atoms with Crippen LogP contribution in [0.2, 0.25) is 0 Å². The predicted octanol–water partition coefficient (Wildman–Crippen LogP) is 1.45. The van der Waals surface area contributed by atoms with Crippen LogP contribution < -0.4 is 15.5 Å². The van der Waals surface area contributed by atoms with Crippen LogP contribution in [0.4, 0.5) is 0 Å². The molecule has 2 heterocycles. The van der Waals surface area contributed by atoms with Crippen LogP contribution in [0.3, 0.4) is 0 Å². The lowest BCUT2D eigenvalue weighted by atomic mass is 10.1. The minimum absolute atomic E-state index is 0.0488. The lowest BCUT2D eigenvalue weighted by molar-refractivity contribution is 0.0857. The number of nitrogens with one attached hydrogen (secondary N) is 2. The molecular weight excluding hydrogens is 284 g/mol. The van der Waals surface area contributed by atoms with Crippen molar-refractivity contribution in [1.82, 2.24) is 10.3 Å². The van der Waals surface area contributed by atoms with Gasteiger partial charge in [-0.25, -0.2) is 0 Å². The number of amides is 1. The second kappa shape index (κ2) is 6.19. The Kier molecular flexibility index (Phi) is 4.11. The number of aromatic amines is 1. The first kappa shape index (κ1) is 14.6. The molecule has 1 aliphatic rings. The molecule has 1 aromatic heterocycles. The van der Waals surface area contributed by atoms with Crippen LogP contribution in [0.5, 0.6) is 5.75 Å². The Morgan fingerprint density at radius 3 is 3.09 bits per heavy atom. The summed E-state index contributed by atoms with van der Waals surface area (Å²) in [7, 11) is 1.56. The summed E-state index contributed by atoms with van der Waals surface area (Å²) < 4.78 is 10.6. The molecular formula is C16H18N2O4. The number of benzene rings is 1. The number of H-pyrrole nitrogens is 1. The van der Waals surface area contributed by atoms with Gasteiger partial charge >= 0.3 is 0 Å². The molecule has 22 heavy (non-hydrogen) atoms. The maximum atomic E-state index is 12.4. The van der Waals surface area contributed by atoms with Gasteiger partial charge in [-0.05, 0) is 25.0 Å². The molecule has 1 fully saturated rings. The number of ether oxygens (including phenoxy) is 2.